The normalized spacial score (nSPS) is 16.6. The first-order valence-corrected chi connectivity index (χ1v) is 6.51. The standard InChI is InChI=1S/C11H17N3OS/c1-7(12)6-10(15)14-11-13-8-4-2-3-5-9(8)16-11/h7H,2-6,12H2,1H3,(H,13,14,15). The van der Waals surface area contributed by atoms with Crippen molar-refractivity contribution in [3.05, 3.63) is 10.6 Å². The molecule has 88 valence electrons. The molecule has 0 fully saturated rings. The van der Waals surface area contributed by atoms with E-state index in [-0.39, 0.29) is 11.9 Å². The minimum Gasteiger partial charge on any atom is -0.327 e. The quantitative estimate of drug-likeness (QED) is 0.843. The maximum absolute atomic E-state index is 11.5. The number of carbonyl (C=O) groups is 1. The average Bonchev–Trinajstić information content (AvgIpc) is 2.57. The van der Waals surface area contributed by atoms with Crippen LogP contribution in [0.5, 0.6) is 0 Å². The molecule has 0 aliphatic heterocycles. The number of aryl methyl sites for hydroxylation is 2. The zero-order chi connectivity index (χ0) is 11.5. The first kappa shape index (κ1) is 11.5. The Kier molecular flexibility index (Phi) is 3.56. The van der Waals surface area contributed by atoms with E-state index in [0.29, 0.717) is 6.42 Å². The Balaban J connectivity index is 1.99. The van der Waals surface area contributed by atoms with Gasteiger partial charge in [-0.1, -0.05) is 0 Å². The number of thiazole rings is 1. The van der Waals surface area contributed by atoms with Crippen molar-refractivity contribution < 1.29 is 4.79 Å². The van der Waals surface area contributed by atoms with Crippen LogP contribution in [0.25, 0.3) is 0 Å². The molecule has 1 amide bonds. The second-order valence-corrected chi connectivity index (χ2v) is 5.41. The van der Waals surface area contributed by atoms with Crippen LogP contribution in [0.4, 0.5) is 5.13 Å². The fourth-order valence-electron chi connectivity index (χ4n) is 1.87. The van der Waals surface area contributed by atoms with Gasteiger partial charge in [0.15, 0.2) is 5.13 Å². The minimum absolute atomic E-state index is 0.0407. The van der Waals surface area contributed by atoms with Crippen LogP contribution in [-0.2, 0) is 17.6 Å². The largest absolute Gasteiger partial charge is 0.327 e. The smallest absolute Gasteiger partial charge is 0.227 e. The lowest BCUT2D eigenvalue weighted by Gasteiger charge is -2.06. The van der Waals surface area contributed by atoms with E-state index in [1.54, 1.807) is 11.3 Å². The van der Waals surface area contributed by atoms with Crippen molar-refractivity contribution in [3.8, 4) is 0 Å². The zero-order valence-corrected chi connectivity index (χ0v) is 10.3. The molecule has 1 aromatic heterocycles. The van der Waals surface area contributed by atoms with Crippen molar-refractivity contribution in [2.24, 2.45) is 5.73 Å². The summed E-state index contributed by atoms with van der Waals surface area (Å²) < 4.78 is 0. The van der Waals surface area contributed by atoms with Gasteiger partial charge in [0.1, 0.15) is 0 Å². The third kappa shape index (κ3) is 2.80. The van der Waals surface area contributed by atoms with Crippen molar-refractivity contribution in [2.45, 2.75) is 45.1 Å². The fourth-order valence-corrected chi connectivity index (χ4v) is 2.93. The maximum Gasteiger partial charge on any atom is 0.227 e. The topological polar surface area (TPSA) is 68.0 Å². The van der Waals surface area contributed by atoms with Gasteiger partial charge in [-0.25, -0.2) is 4.98 Å². The van der Waals surface area contributed by atoms with Crippen molar-refractivity contribution in [1.29, 1.82) is 0 Å². The molecule has 1 aliphatic carbocycles. The van der Waals surface area contributed by atoms with Gasteiger partial charge in [-0.3, -0.25) is 4.79 Å². The number of fused-ring (bicyclic) bond motifs is 1. The maximum atomic E-state index is 11.5. The van der Waals surface area contributed by atoms with Gasteiger partial charge >= 0.3 is 0 Å². The van der Waals surface area contributed by atoms with E-state index in [0.717, 1.165) is 18.0 Å². The fraction of sp³-hybridized carbons (Fsp3) is 0.636. The van der Waals surface area contributed by atoms with Gasteiger partial charge in [0, 0.05) is 17.3 Å². The van der Waals surface area contributed by atoms with Gasteiger partial charge in [-0.2, -0.15) is 0 Å². The number of amides is 1. The van der Waals surface area contributed by atoms with Gasteiger partial charge in [0.05, 0.1) is 5.69 Å². The van der Waals surface area contributed by atoms with Crippen LogP contribution in [0.15, 0.2) is 0 Å². The van der Waals surface area contributed by atoms with E-state index < -0.39 is 0 Å². The first-order valence-electron chi connectivity index (χ1n) is 5.69. The summed E-state index contributed by atoms with van der Waals surface area (Å²) in [6.45, 7) is 1.83. The molecule has 5 heteroatoms. The van der Waals surface area contributed by atoms with Gasteiger partial charge in [-0.15, -0.1) is 11.3 Å². The third-order valence-electron chi connectivity index (χ3n) is 2.60. The van der Waals surface area contributed by atoms with Crippen LogP contribution in [-0.4, -0.2) is 16.9 Å². The van der Waals surface area contributed by atoms with Gasteiger partial charge < -0.3 is 11.1 Å². The Hall–Kier alpha value is -0.940. The van der Waals surface area contributed by atoms with Gasteiger partial charge in [0.2, 0.25) is 5.91 Å². The van der Waals surface area contributed by atoms with E-state index >= 15 is 0 Å². The van der Waals surface area contributed by atoms with E-state index in [2.05, 4.69) is 10.3 Å². The Bertz CT molecular complexity index is 363. The number of hydrogen-bond donors (Lipinski definition) is 2. The summed E-state index contributed by atoms with van der Waals surface area (Å²) in [7, 11) is 0. The summed E-state index contributed by atoms with van der Waals surface area (Å²) in [5.74, 6) is -0.0407. The Labute approximate surface area is 99.3 Å². The van der Waals surface area contributed by atoms with E-state index in [1.165, 1.54) is 23.4 Å². The summed E-state index contributed by atoms with van der Waals surface area (Å²) >= 11 is 1.61. The summed E-state index contributed by atoms with van der Waals surface area (Å²) in [6.07, 6.45) is 4.96. The molecule has 0 radical (unpaired) electrons. The minimum atomic E-state index is -0.102. The second kappa shape index (κ2) is 4.93. The lowest BCUT2D eigenvalue weighted by Crippen LogP contribution is -2.23. The molecular weight excluding hydrogens is 222 g/mol. The molecule has 1 heterocycles. The average molecular weight is 239 g/mol. The molecule has 0 spiro atoms. The number of aromatic nitrogens is 1. The molecule has 4 nitrogen and oxygen atoms in total. The number of hydrogen-bond acceptors (Lipinski definition) is 4. The zero-order valence-electron chi connectivity index (χ0n) is 9.45. The van der Waals surface area contributed by atoms with Crippen molar-refractivity contribution in [3.63, 3.8) is 0 Å². The molecule has 1 aliphatic rings. The van der Waals surface area contributed by atoms with E-state index in [9.17, 15) is 4.79 Å². The molecule has 0 bridgehead atoms. The number of rotatable bonds is 3. The van der Waals surface area contributed by atoms with Gasteiger partial charge in [-0.05, 0) is 32.6 Å². The van der Waals surface area contributed by atoms with Gasteiger partial charge in [0.25, 0.3) is 0 Å². The molecule has 16 heavy (non-hydrogen) atoms. The predicted octanol–water partition coefficient (Wildman–Crippen LogP) is 1.70. The number of carbonyl (C=O) groups excluding carboxylic acids is 1. The van der Waals surface area contributed by atoms with Crippen molar-refractivity contribution in [1.82, 2.24) is 4.98 Å². The number of anilines is 1. The molecule has 0 saturated heterocycles. The highest BCUT2D eigenvalue weighted by atomic mass is 32.1. The summed E-state index contributed by atoms with van der Waals surface area (Å²) in [6, 6.07) is -0.102. The van der Waals surface area contributed by atoms with E-state index in [1.807, 2.05) is 6.92 Å². The molecule has 2 rings (SSSR count). The highest BCUT2D eigenvalue weighted by Gasteiger charge is 2.16. The van der Waals surface area contributed by atoms with Crippen molar-refractivity contribution in [2.75, 3.05) is 5.32 Å². The van der Waals surface area contributed by atoms with E-state index in [4.69, 9.17) is 5.73 Å². The highest BCUT2D eigenvalue weighted by Crippen LogP contribution is 2.29. The Morgan fingerprint density at radius 1 is 1.56 bits per heavy atom. The lowest BCUT2D eigenvalue weighted by atomic mass is 10.0. The summed E-state index contributed by atoms with van der Waals surface area (Å²) in [4.78, 5) is 17.3. The van der Waals surface area contributed by atoms with Crippen LogP contribution in [0.3, 0.4) is 0 Å². The van der Waals surface area contributed by atoms with Crippen LogP contribution in [0, 0.1) is 0 Å². The van der Waals surface area contributed by atoms with Crippen LogP contribution in [0.1, 0.15) is 36.8 Å². The third-order valence-corrected chi connectivity index (χ3v) is 3.67. The van der Waals surface area contributed by atoms with Crippen LogP contribution in [0.2, 0.25) is 0 Å². The first-order chi connectivity index (χ1) is 7.65. The molecule has 1 unspecified atom stereocenters. The number of nitrogens with one attached hydrogen (secondary N) is 1. The number of nitrogens with zero attached hydrogens (tertiary/aromatic N) is 1. The molecular formula is C11H17N3OS. The molecule has 1 atom stereocenters. The highest BCUT2D eigenvalue weighted by molar-refractivity contribution is 7.15. The Morgan fingerprint density at radius 3 is 3.00 bits per heavy atom. The number of nitrogens with two attached hydrogens (primary N) is 1. The monoisotopic (exact) mass is 239 g/mol. The molecule has 1 aromatic rings. The lowest BCUT2D eigenvalue weighted by molar-refractivity contribution is -0.116. The SMILES string of the molecule is CC(N)CC(=O)Nc1nc2c(s1)CCCC2. The molecule has 0 saturated carbocycles. The van der Waals surface area contributed by atoms with Crippen molar-refractivity contribution >= 4 is 22.4 Å². The van der Waals surface area contributed by atoms with Crippen LogP contribution >= 0.6 is 11.3 Å². The predicted molar refractivity (Wildman–Crippen MR) is 65.7 cm³/mol. The molecule has 3 N–H and O–H groups in total. The second-order valence-electron chi connectivity index (χ2n) is 4.33. The molecule has 0 aromatic carbocycles. The summed E-state index contributed by atoms with van der Waals surface area (Å²) in [5.41, 5.74) is 6.74. The summed E-state index contributed by atoms with van der Waals surface area (Å²) in [5, 5.41) is 3.55. The van der Waals surface area contributed by atoms with Crippen LogP contribution < -0.4 is 11.1 Å². The Morgan fingerprint density at radius 2 is 2.31 bits per heavy atom.